The smallest absolute Gasteiger partial charge is 0.416 e. The van der Waals surface area contributed by atoms with Crippen LogP contribution in [0.1, 0.15) is 27.2 Å². The van der Waals surface area contributed by atoms with Crippen LogP contribution in [0.3, 0.4) is 0 Å². The lowest BCUT2D eigenvalue weighted by molar-refractivity contribution is -0.137. The summed E-state index contributed by atoms with van der Waals surface area (Å²) in [6.07, 6.45) is -4.43. The summed E-state index contributed by atoms with van der Waals surface area (Å²) in [5.74, 6) is 0.223. The quantitative estimate of drug-likeness (QED) is 0.296. The Balaban J connectivity index is 1.35. The molecule has 1 heterocycles. The molecule has 0 atom stereocenters. The van der Waals surface area contributed by atoms with E-state index in [-0.39, 0.29) is 12.2 Å². The first-order chi connectivity index (χ1) is 16.3. The second-order valence-electron chi connectivity index (χ2n) is 7.36. The molecule has 3 aromatic carbocycles. The zero-order valence-electron chi connectivity index (χ0n) is 17.6. The third kappa shape index (κ3) is 6.15. The van der Waals surface area contributed by atoms with E-state index in [1.54, 1.807) is 11.4 Å². The molecule has 34 heavy (non-hydrogen) atoms. The van der Waals surface area contributed by atoms with Crippen LogP contribution >= 0.6 is 22.9 Å². The predicted octanol–water partition coefficient (Wildman–Crippen LogP) is 6.99. The van der Waals surface area contributed by atoms with Gasteiger partial charge in [0.25, 0.3) is 5.91 Å². The summed E-state index contributed by atoms with van der Waals surface area (Å²) in [6.45, 7) is 0.349. The van der Waals surface area contributed by atoms with Crippen LogP contribution in [0.25, 0.3) is 10.6 Å². The van der Waals surface area contributed by atoms with E-state index in [2.05, 4.69) is 10.3 Å². The average molecular weight is 503 g/mol. The molecule has 1 amide bonds. The van der Waals surface area contributed by atoms with Crippen molar-refractivity contribution in [1.29, 1.82) is 0 Å². The van der Waals surface area contributed by atoms with Crippen LogP contribution in [0.15, 0.2) is 78.2 Å². The standard InChI is InChI=1S/C25H18ClF3N2O2S/c26-20-6-2-4-17(12-20)14-33-21-9-7-18(8-10-21)24-31-22(15-34-24)23(32)30-13-16-3-1-5-19(11-16)25(27,28)29/h1-12,15H,13-14H2,(H,30,32). The molecule has 174 valence electrons. The molecule has 0 saturated carbocycles. The van der Waals surface area contributed by atoms with Crippen LogP contribution in [-0.2, 0) is 19.3 Å². The van der Waals surface area contributed by atoms with Gasteiger partial charge in [0, 0.05) is 22.5 Å². The summed E-state index contributed by atoms with van der Waals surface area (Å²) in [6, 6.07) is 19.6. The molecule has 0 unspecified atom stereocenters. The molecule has 1 N–H and O–H groups in total. The van der Waals surface area contributed by atoms with Crippen molar-refractivity contribution < 1.29 is 22.7 Å². The second kappa shape index (κ2) is 10.3. The number of thiazole rings is 1. The summed E-state index contributed by atoms with van der Waals surface area (Å²) >= 11 is 7.28. The number of carbonyl (C=O) groups excluding carboxylic acids is 1. The Hall–Kier alpha value is -3.36. The molecule has 0 aliphatic heterocycles. The number of hydrogen-bond donors (Lipinski definition) is 1. The molecule has 0 aliphatic rings. The highest BCUT2D eigenvalue weighted by atomic mass is 35.5. The molecule has 0 fully saturated rings. The van der Waals surface area contributed by atoms with Crippen LogP contribution in [-0.4, -0.2) is 10.9 Å². The lowest BCUT2D eigenvalue weighted by atomic mass is 10.1. The molecule has 0 radical (unpaired) electrons. The van der Waals surface area contributed by atoms with Gasteiger partial charge < -0.3 is 10.1 Å². The number of rotatable bonds is 7. The first-order valence-electron chi connectivity index (χ1n) is 10.2. The minimum absolute atomic E-state index is 0.0335. The van der Waals surface area contributed by atoms with Crippen LogP contribution in [0.5, 0.6) is 5.75 Å². The van der Waals surface area contributed by atoms with Gasteiger partial charge in [-0.15, -0.1) is 11.3 Å². The van der Waals surface area contributed by atoms with Crippen LogP contribution in [0.4, 0.5) is 13.2 Å². The Morgan fingerprint density at radius 1 is 1.00 bits per heavy atom. The first-order valence-corrected chi connectivity index (χ1v) is 11.4. The number of hydrogen-bond acceptors (Lipinski definition) is 4. The number of aromatic nitrogens is 1. The number of nitrogens with zero attached hydrogens (tertiary/aromatic N) is 1. The molecule has 1 aromatic heterocycles. The Labute approximate surface area is 203 Å². The van der Waals surface area contributed by atoms with Crippen molar-refractivity contribution in [3.05, 3.63) is 106 Å². The third-order valence-corrected chi connectivity index (χ3v) is 5.97. The van der Waals surface area contributed by atoms with Crippen molar-refractivity contribution in [2.45, 2.75) is 19.3 Å². The van der Waals surface area contributed by atoms with Crippen LogP contribution < -0.4 is 10.1 Å². The third-order valence-electron chi connectivity index (χ3n) is 4.84. The first kappa shape index (κ1) is 23.8. The molecular formula is C25H18ClF3N2O2S. The van der Waals surface area contributed by atoms with E-state index in [4.69, 9.17) is 16.3 Å². The van der Waals surface area contributed by atoms with Crippen molar-refractivity contribution in [2.24, 2.45) is 0 Å². The van der Waals surface area contributed by atoms with Gasteiger partial charge in [0.2, 0.25) is 0 Å². The minimum Gasteiger partial charge on any atom is -0.489 e. The van der Waals surface area contributed by atoms with Crippen LogP contribution in [0, 0.1) is 0 Å². The zero-order valence-corrected chi connectivity index (χ0v) is 19.2. The molecule has 9 heteroatoms. The molecule has 0 saturated heterocycles. The van der Waals surface area contributed by atoms with Crippen molar-refractivity contribution in [2.75, 3.05) is 0 Å². The molecular weight excluding hydrogens is 485 g/mol. The Morgan fingerprint density at radius 2 is 1.74 bits per heavy atom. The number of alkyl halides is 3. The molecule has 0 aliphatic carbocycles. The molecule has 4 aromatic rings. The molecule has 0 spiro atoms. The SMILES string of the molecule is O=C(NCc1cccc(C(F)(F)F)c1)c1csc(-c2ccc(OCc3cccc(Cl)c3)cc2)n1. The van der Waals surface area contributed by atoms with Crippen molar-refractivity contribution in [1.82, 2.24) is 10.3 Å². The van der Waals surface area contributed by atoms with E-state index in [0.29, 0.717) is 28.0 Å². The summed E-state index contributed by atoms with van der Waals surface area (Å²) in [4.78, 5) is 16.8. The minimum atomic E-state index is -4.43. The fourth-order valence-electron chi connectivity index (χ4n) is 3.13. The highest BCUT2D eigenvalue weighted by Crippen LogP contribution is 2.30. The number of amides is 1. The number of carbonyl (C=O) groups is 1. The lowest BCUT2D eigenvalue weighted by Crippen LogP contribution is -2.23. The Kier molecular flexibility index (Phi) is 7.19. The summed E-state index contributed by atoms with van der Waals surface area (Å²) < 4.78 is 44.3. The molecule has 0 bridgehead atoms. The molecule has 4 rings (SSSR count). The lowest BCUT2D eigenvalue weighted by Gasteiger charge is -2.09. The fourth-order valence-corrected chi connectivity index (χ4v) is 4.15. The number of nitrogens with one attached hydrogen (secondary N) is 1. The maximum absolute atomic E-state index is 12.8. The monoisotopic (exact) mass is 502 g/mol. The van der Waals surface area contributed by atoms with E-state index in [0.717, 1.165) is 23.3 Å². The van der Waals surface area contributed by atoms with Gasteiger partial charge in [-0.3, -0.25) is 4.79 Å². The maximum atomic E-state index is 12.8. The van der Waals surface area contributed by atoms with Gasteiger partial charge in [0.05, 0.1) is 5.56 Å². The second-order valence-corrected chi connectivity index (χ2v) is 8.66. The van der Waals surface area contributed by atoms with E-state index < -0.39 is 17.6 Å². The highest BCUT2D eigenvalue weighted by molar-refractivity contribution is 7.13. The van der Waals surface area contributed by atoms with E-state index in [1.165, 1.54) is 23.5 Å². The van der Waals surface area contributed by atoms with Crippen molar-refractivity contribution in [3.63, 3.8) is 0 Å². The maximum Gasteiger partial charge on any atom is 0.416 e. The predicted molar refractivity (Wildman–Crippen MR) is 126 cm³/mol. The van der Waals surface area contributed by atoms with Gasteiger partial charge in [-0.25, -0.2) is 4.98 Å². The molecule has 4 nitrogen and oxygen atoms in total. The Bertz CT molecular complexity index is 1290. The average Bonchev–Trinajstić information content (AvgIpc) is 3.32. The highest BCUT2D eigenvalue weighted by Gasteiger charge is 2.30. The van der Waals surface area contributed by atoms with Crippen molar-refractivity contribution in [3.8, 4) is 16.3 Å². The van der Waals surface area contributed by atoms with E-state index in [9.17, 15) is 18.0 Å². The van der Waals surface area contributed by atoms with Gasteiger partial charge >= 0.3 is 6.18 Å². The number of benzene rings is 3. The van der Waals surface area contributed by atoms with Crippen LogP contribution in [0.2, 0.25) is 5.02 Å². The summed E-state index contributed by atoms with van der Waals surface area (Å²) in [5.41, 5.74) is 1.57. The van der Waals surface area contributed by atoms with Gasteiger partial charge in [0.15, 0.2) is 0 Å². The Morgan fingerprint density at radius 3 is 2.47 bits per heavy atom. The van der Waals surface area contributed by atoms with Crippen molar-refractivity contribution >= 4 is 28.8 Å². The van der Waals surface area contributed by atoms with Gasteiger partial charge in [-0.2, -0.15) is 13.2 Å². The zero-order chi connectivity index (χ0) is 24.1. The van der Waals surface area contributed by atoms with Gasteiger partial charge in [-0.1, -0.05) is 35.9 Å². The topological polar surface area (TPSA) is 51.2 Å². The number of ether oxygens (including phenoxy) is 1. The van der Waals surface area contributed by atoms with E-state index >= 15 is 0 Å². The summed E-state index contributed by atoms with van der Waals surface area (Å²) in [7, 11) is 0. The van der Waals surface area contributed by atoms with Gasteiger partial charge in [-0.05, 0) is 59.7 Å². The largest absolute Gasteiger partial charge is 0.489 e. The van der Waals surface area contributed by atoms with Gasteiger partial charge in [0.1, 0.15) is 23.1 Å². The number of halogens is 4. The fraction of sp³-hybridized carbons (Fsp3) is 0.120. The normalized spacial score (nSPS) is 11.3. The summed E-state index contributed by atoms with van der Waals surface area (Å²) in [5, 5.41) is 5.52. The van der Waals surface area contributed by atoms with E-state index in [1.807, 2.05) is 42.5 Å².